The number of hydrogen-bond donors (Lipinski definition) is 3. The van der Waals surface area contributed by atoms with Crippen LogP contribution in [0.1, 0.15) is 40.2 Å². The molecule has 2 aromatic heterocycles. The Morgan fingerprint density at radius 1 is 1.14 bits per heavy atom. The largest absolute Gasteiger partial charge is 0.493 e. The lowest BCUT2D eigenvalue weighted by Crippen LogP contribution is -2.30. The first-order chi connectivity index (χ1) is 17.9. The molecule has 12 heteroatoms. The van der Waals surface area contributed by atoms with Crippen LogP contribution in [-0.4, -0.2) is 62.9 Å². The molecule has 0 bridgehead atoms. The van der Waals surface area contributed by atoms with Gasteiger partial charge >= 0.3 is 0 Å². The van der Waals surface area contributed by atoms with Gasteiger partial charge < -0.3 is 25.3 Å². The zero-order chi connectivity index (χ0) is 25.9. The van der Waals surface area contributed by atoms with E-state index in [2.05, 4.69) is 24.8 Å². The molecule has 10 nitrogen and oxygen atoms in total. The summed E-state index contributed by atoms with van der Waals surface area (Å²) >= 11 is 12.9. The molecule has 2 aromatic carbocycles. The van der Waals surface area contributed by atoms with E-state index in [4.69, 9.17) is 33.7 Å². The Labute approximate surface area is 222 Å². The van der Waals surface area contributed by atoms with Crippen molar-refractivity contribution >= 4 is 57.7 Å². The number of primary amides is 1. The van der Waals surface area contributed by atoms with Crippen LogP contribution >= 0.6 is 23.2 Å². The Bertz CT molecular complexity index is 1430. The monoisotopic (exact) mass is 541 g/mol. The number of aromatic nitrogens is 4. The molecule has 0 radical (unpaired) electrons. The van der Waals surface area contributed by atoms with Gasteiger partial charge in [0.05, 0.1) is 39.7 Å². The van der Waals surface area contributed by atoms with E-state index in [0.29, 0.717) is 23.4 Å². The minimum atomic E-state index is -0.831. The number of nitrogens with zero attached hydrogens (tertiary/aromatic N) is 4. The fourth-order valence-corrected chi connectivity index (χ4v) is 4.98. The molecule has 37 heavy (non-hydrogen) atoms. The highest BCUT2D eigenvalue weighted by Crippen LogP contribution is 2.38. The molecule has 1 saturated heterocycles. The van der Waals surface area contributed by atoms with Crippen molar-refractivity contribution in [2.75, 3.05) is 31.1 Å². The summed E-state index contributed by atoms with van der Waals surface area (Å²) in [5, 5.41) is 0.416. The van der Waals surface area contributed by atoms with Gasteiger partial charge in [0.1, 0.15) is 11.4 Å². The van der Waals surface area contributed by atoms with Gasteiger partial charge in [-0.05, 0) is 56.6 Å². The topological polar surface area (TPSA) is 133 Å². The summed E-state index contributed by atoms with van der Waals surface area (Å²) in [4.78, 5) is 43.5. The van der Waals surface area contributed by atoms with Gasteiger partial charge in [0.2, 0.25) is 5.95 Å². The maximum Gasteiger partial charge on any atom is 0.286 e. The van der Waals surface area contributed by atoms with Crippen LogP contribution in [-0.2, 0) is 0 Å². The van der Waals surface area contributed by atoms with Gasteiger partial charge in [0.25, 0.3) is 11.8 Å². The average molecular weight is 542 g/mol. The minimum Gasteiger partial charge on any atom is -0.493 e. The van der Waals surface area contributed by atoms with Gasteiger partial charge in [-0.15, -0.1) is 0 Å². The minimum absolute atomic E-state index is 0.139. The van der Waals surface area contributed by atoms with Crippen LogP contribution < -0.4 is 15.4 Å². The number of H-pyrrole nitrogens is 2. The Morgan fingerprint density at radius 2 is 1.89 bits per heavy atom. The number of likely N-dealkylation sites (tertiary alicyclic amines) is 1. The standard InChI is InChI=1S/C25H25Cl2N7O3/c26-16-5-3-6-17(27)22(16)34(24(36)21-20(23(28)35)29-14-30-21)25-31-18-8-7-15(13-19(18)32-25)37-12-4-11-33-9-1-2-10-33/h3,5-8,13-14H,1-2,4,9-12H2,(H2,28,35)(H,29,30)(H,31,32). The number of aromatic amines is 2. The molecule has 0 unspecified atom stereocenters. The van der Waals surface area contributed by atoms with Crippen molar-refractivity contribution in [2.45, 2.75) is 19.3 Å². The van der Waals surface area contributed by atoms with E-state index in [9.17, 15) is 9.59 Å². The van der Waals surface area contributed by atoms with Crippen molar-refractivity contribution in [1.82, 2.24) is 24.8 Å². The third-order valence-corrected chi connectivity index (χ3v) is 6.80. The number of imidazole rings is 2. The Morgan fingerprint density at radius 3 is 2.62 bits per heavy atom. The van der Waals surface area contributed by atoms with E-state index < -0.39 is 11.8 Å². The molecule has 3 heterocycles. The average Bonchev–Trinajstić information content (AvgIpc) is 3.64. The number of halogens is 2. The third kappa shape index (κ3) is 5.27. The number of nitrogens with two attached hydrogens (primary N) is 1. The molecule has 1 fully saturated rings. The second kappa shape index (κ2) is 10.8. The number of carbonyl (C=O) groups excluding carboxylic acids is 2. The van der Waals surface area contributed by atoms with Crippen molar-refractivity contribution in [2.24, 2.45) is 5.73 Å². The van der Waals surface area contributed by atoms with E-state index in [1.54, 1.807) is 24.3 Å². The highest BCUT2D eigenvalue weighted by atomic mass is 35.5. The number of carbonyl (C=O) groups is 2. The van der Waals surface area contributed by atoms with E-state index in [1.165, 1.54) is 24.1 Å². The van der Waals surface area contributed by atoms with Crippen LogP contribution in [0, 0.1) is 0 Å². The van der Waals surface area contributed by atoms with Gasteiger partial charge in [0, 0.05) is 12.6 Å². The molecule has 192 valence electrons. The summed E-state index contributed by atoms with van der Waals surface area (Å²) in [6.45, 7) is 3.93. The van der Waals surface area contributed by atoms with Crippen LogP contribution in [0.3, 0.4) is 0 Å². The van der Waals surface area contributed by atoms with E-state index in [1.807, 2.05) is 12.1 Å². The number of para-hydroxylation sites is 1. The van der Waals surface area contributed by atoms with Crippen LogP contribution in [0.25, 0.3) is 11.0 Å². The molecule has 0 atom stereocenters. The fourth-order valence-electron chi connectivity index (χ4n) is 4.41. The SMILES string of the molecule is NC(=O)c1[nH]cnc1C(=O)N(c1nc2ccc(OCCCN3CCCC3)cc2[nH]1)c1c(Cl)cccc1Cl. The Kier molecular flexibility index (Phi) is 7.31. The lowest BCUT2D eigenvalue weighted by Gasteiger charge is -2.21. The number of ether oxygens (including phenoxy) is 1. The third-order valence-electron chi connectivity index (χ3n) is 6.19. The summed E-state index contributed by atoms with van der Waals surface area (Å²) in [6, 6.07) is 10.3. The number of nitrogens with one attached hydrogen (secondary N) is 2. The number of hydrogen-bond acceptors (Lipinski definition) is 6. The van der Waals surface area contributed by atoms with Crippen LogP contribution in [0.15, 0.2) is 42.7 Å². The van der Waals surface area contributed by atoms with Crippen molar-refractivity contribution in [1.29, 1.82) is 0 Å². The lowest BCUT2D eigenvalue weighted by molar-refractivity contribution is 0.0961. The first-order valence-electron chi connectivity index (χ1n) is 11.9. The summed E-state index contributed by atoms with van der Waals surface area (Å²) in [6.07, 6.45) is 4.68. The lowest BCUT2D eigenvalue weighted by atomic mass is 10.2. The van der Waals surface area contributed by atoms with Crippen LogP contribution in [0.5, 0.6) is 5.75 Å². The van der Waals surface area contributed by atoms with Gasteiger partial charge in [0.15, 0.2) is 5.69 Å². The summed E-state index contributed by atoms with van der Waals surface area (Å²) < 4.78 is 5.95. The number of anilines is 2. The number of benzene rings is 2. The molecule has 1 aliphatic heterocycles. The van der Waals surface area contributed by atoms with Crippen molar-refractivity contribution in [3.8, 4) is 5.75 Å². The smallest absolute Gasteiger partial charge is 0.286 e. The molecule has 1 aliphatic rings. The molecular formula is C25H25Cl2N7O3. The van der Waals surface area contributed by atoms with Crippen LogP contribution in [0.4, 0.5) is 11.6 Å². The molecule has 5 rings (SSSR count). The van der Waals surface area contributed by atoms with E-state index in [0.717, 1.165) is 26.1 Å². The molecule has 0 aliphatic carbocycles. The molecule has 2 amide bonds. The molecular weight excluding hydrogens is 517 g/mol. The maximum atomic E-state index is 13.7. The van der Waals surface area contributed by atoms with E-state index >= 15 is 0 Å². The quantitative estimate of drug-likeness (QED) is 0.266. The molecule has 4 aromatic rings. The molecule has 4 N–H and O–H groups in total. The summed E-state index contributed by atoms with van der Waals surface area (Å²) in [7, 11) is 0. The number of rotatable bonds is 9. The normalized spacial score (nSPS) is 13.8. The molecule has 0 spiro atoms. The summed E-state index contributed by atoms with van der Waals surface area (Å²) in [5.41, 5.74) is 6.52. The van der Waals surface area contributed by atoms with Crippen molar-refractivity contribution in [3.63, 3.8) is 0 Å². The first-order valence-corrected chi connectivity index (χ1v) is 12.6. The first kappa shape index (κ1) is 25.1. The predicted molar refractivity (Wildman–Crippen MR) is 142 cm³/mol. The molecule has 0 saturated carbocycles. The van der Waals surface area contributed by atoms with Crippen molar-refractivity contribution < 1.29 is 14.3 Å². The fraction of sp³-hybridized carbons (Fsp3) is 0.280. The number of amides is 2. The van der Waals surface area contributed by atoms with Crippen LogP contribution in [0.2, 0.25) is 10.0 Å². The zero-order valence-electron chi connectivity index (χ0n) is 19.8. The highest BCUT2D eigenvalue weighted by molar-refractivity contribution is 6.40. The summed E-state index contributed by atoms with van der Waals surface area (Å²) in [5.74, 6) is -0.703. The Balaban J connectivity index is 1.45. The maximum absolute atomic E-state index is 13.7. The second-order valence-corrected chi connectivity index (χ2v) is 9.51. The van der Waals surface area contributed by atoms with Gasteiger partial charge in [-0.25, -0.2) is 14.9 Å². The zero-order valence-corrected chi connectivity index (χ0v) is 21.3. The Hall–Kier alpha value is -3.60. The predicted octanol–water partition coefficient (Wildman–Crippen LogP) is 4.53. The van der Waals surface area contributed by atoms with Gasteiger partial charge in [-0.3, -0.25) is 9.59 Å². The number of fused-ring (bicyclic) bond motifs is 1. The highest BCUT2D eigenvalue weighted by Gasteiger charge is 2.31. The van der Waals surface area contributed by atoms with Gasteiger partial charge in [-0.1, -0.05) is 29.3 Å². The van der Waals surface area contributed by atoms with E-state index in [-0.39, 0.29) is 33.1 Å². The van der Waals surface area contributed by atoms with Crippen molar-refractivity contribution in [3.05, 3.63) is 64.2 Å². The van der Waals surface area contributed by atoms with Gasteiger partial charge in [-0.2, -0.15) is 0 Å². The second-order valence-electron chi connectivity index (χ2n) is 8.69.